The van der Waals surface area contributed by atoms with Gasteiger partial charge in [-0.05, 0) is 66.7 Å². The van der Waals surface area contributed by atoms with Gasteiger partial charge >= 0.3 is 11.9 Å². The molecule has 0 aromatic heterocycles. The van der Waals surface area contributed by atoms with Crippen LogP contribution in [0.5, 0.6) is 11.5 Å². The molecule has 0 radical (unpaired) electrons. The molecule has 0 saturated carbocycles. The van der Waals surface area contributed by atoms with Gasteiger partial charge in [-0.3, -0.25) is 19.7 Å². The predicted octanol–water partition coefficient (Wildman–Crippen LogP) is 5.29. The topological polar surface area (TPSA) is 185 Å². The van der Waals surface area contributed by atoms with Crippen LogP contribution in [0.25, 0.3) is 0 Å². The fourth-order valence-corrected chi connectivity index (χ4v) is 3.63. The second-order valence-corrected chi connectivity index (χ2v) is 8.20. The number of amides is 2. The van der Waals surface area contributed by atoms with Crippen molar-refractivity contribution in [2.24, 2.45) is 0 Å². The van der Waals surface area contributed by atoms with Crippen LogP contribution in [0, 0.1) is 10.1 Å². The van der Waals surface area contributed by atoms with E-state index in [0.717, 1.165) is 18.2 Å². The summed E-state index contributed by atoms with van der Waals surface area (Å²) >= 11 is 0. The normalized spacial score (nSPS) is 10.3. The molecule has 40 heavy (non-hydrogen) atoms. The number of nitrogens with zero attached hydrogens (tertiary/aromatic N) is 1. The Balaban J connectivity index is 1.39. The van der Waals surface area contributed by atoms with Crippen molar-refractivity contribution in [2.45, 2.75) is 0 Å². The first-order valence-electron chi connectivity index (χ1n) is 11.5. The van der Waals surface area contributed by atoms with Gasteiger partial charge in [0.15, 0.2) is 0 Å². The average Bonchev–Trinajstić information content (AvgIpc) is 2.94. The minimum Gasteiger partial charge on any atom is -0.478 e. The molecule has 0 aliphatic rings. The summed E-state index contributed by atoms with van der Waals surface area (Å²) in [5, 5.41) is 34.7. The van der Waals surface area contributed by atoms with Crippen molar-refractivity contribution in [1.29, 1.82) is 0 Å². The van der Waals surface area contributed by atoms with Crippen LogP contribution in [0.2, 0.25) is 0 Å². The molecule has 0 aliphatic carbocycles. The zero-order valence-corrected chi connectivity index (χ0v) is 20.4. The molecule has 4 rings (SSSR count). The van der Waals surface area contributed by atoms with E-state index in [2.05, 4.69) is 10.6 Å². The minimum atomic E-state index is -1.48. The Kier molecular flexibility index (Phi) is 7.81. The number of ether oxygens (including phenoxy) is 1. The zero-order chi connectivity index (χ0) is 28.8. The van der Waals surface area contributed by atoms with Crippen molar-refractivity contribution in [1.82, 2.24) is 0 Å². The molecule has 0 saturated heterocycles. The number of hydrogen-bond acceptors (Lipinski definition) is 7. The van der Waals surface area contributed by atoms with E-state index in [9.17, 15) is 39.5 Å². The van der Waals surface area contributed by atoms with Crippen LogP contribution in [0.3, 0.4) is 0 Å². The molecular formula is C28H19N3O9. The summed E-state index contributed by atoms with van der Waals surface area (Å²) < 4.78 is 5.76. The van der Waals surface area contributed by atoms with E-state index in [1.54, 1.807) is 42.5 Å². The number of hydrogen-bond donors (Lipinski definition) is 4. The van der Waals surface area contributed by atoms with Gasteiger partial charge < -0.3 is 25.6 Å². The monoisotopic (exact) mass is 541 g/mol. The third-order valence-electron chi connectivity index (χ3n) is 5.55. The van der Waals surface area contributed by atoms with Gasteiger partial charge in [0.05, 0.1) is 27.2 Å². The van der Waals surface area contributed by atoms with E-state index >= 15 is 0 Å². The standard InChI is InChI=1S/C28H19N3O9/c32-25(21-3-1-2-4-23(21)27(34)35)29-16-5-10-19(11-6-16)40-20-12-7-17(8-13-20)30-26(33)22-14-9-18(31(38)39)15-24(22)28(36)37/h1-15H,(H,29,32)(H,30,33)(H,34,35)(H,36,37). The summed E-state index contributed by atoms with van der Waals surface area (Å²) in [6.07, 6.45) is 0. The lowest BCUT2D eigenvalue weighted by molar-refractivity contribution is -0.384. The van der Waals surface area contributed by atoms with Crippen LogP contribution in [-0.2, 0) is 0 Å². The Morgan fingerprint density at radius 3 is 1.52 bits per heavy atom. The number of carboxylic acid groups (broad SMARTS) is 2. The molecule has 4 aromatic carbocycles. The molecule has 4 aromatic rings. The molecule has 0 bridgehead atoms. The quantitative estimate of drug-likeness (QED) is 0.161. The lowest BCUT2D eigenvalue weighted by atomic mass is 10.1. The molecular weight excluding hydrogens is 522 g/mol. The van der Waals surface area contributed by atoms with Gasteiger partial charge in [-0.15, -0.1) is 0 Å². The third-order valence-corrected chi connectivity index (χ3v) is 5.55. The first-order valence-corrected chi connectivity index (χ1v) is 11.5. The Bertz CT molecular complexity index is 1630. The smallest absolute Gasteiger partial charge is 0.336 e. The Morgan fingerprint density at radius 1 is 0.625 bits per heavy atom. The number of anilines is 2. The highest BCUT2D eigenvalue weighted by Crippen LogP contribution is 2.26. The van der Waals surface area contributed by atoms with Gasteiger partial charge in [0.1, 0.15) is 11.5 Å². The van der Waals surface area contributed by atoms with E-state index < -0.39 is 39.9 Å². The average molecular weight is 541 g/mol. The van der Waals surface area contributed by atoms with Gasteiger partial charge in [-0.2, -0.15) is 0 Å². The van der Waals surface area contributed by atoms with Gasteiger partial charge in [0.25, 0.3) is 17.5 Å². The highest BCUT2D eigenvalue weighted by atomic mass is 16.6. The van der Waals surface area contributed by atoms with Gasteiger partial charge in [0.2, 0.25) is 0 Å². The maximum atomic E-state index is 12.6. The van der Waals surface area contributed by atoms with Gasteiger partial charge in [-0.25, -0.2) is 9.59 Å². The van der Waals surface area contributed by atoms with Crippen LogP contribution < -0.4 is 15.4 Å². The summed E-state index contributed by atoms with van der Waals surface area (Å²) in [6, 6.07) is 21.3. The molecule has 0 unspecified atom stereocenters. The Hall–Kier alpha value is -6.04. The maximum absolute atomic E-state index is 12.6. The molecule has 2 amide bonds. The second-order valence-electron chi connectivity index (χ2n) is 8.20. The molecule has 12 heteroatoms. The SMILES string of the molecule is O=C(O)c1ccccc1C(=O)Nc1ccc(Oc2ccc(NC(=O)c3ccc([N+](=O)[O-])cc3C(=O)O)cc2)cc1. The molecule has 200 valence electrons. The van der Waals surface area contributed by atoms with Crippen molar-refractivity contribution < 1.29 is 39.1 Å². The summed E-state index contributed by atoms with van der Waals surface area (Å²) in [5.41, 5.74) is -0.539. The molecule has 4 N–H and O–H groups in total. The van der Waals surface area contributed by atoms with E-state index in [1.807, 2.05) is 0 Å². The Morgan fingerprint density at radius 2 is 1.07 bits per heavy atom. The largest absolute Gasteiger partial charge is 0.478 e. The number of benzene rings is 4. The number of aromatic carboxylic acids is 2. The van der Waals surface area contributed by atoms with Crippen molar-refractivity contribution in [3.8, 4) is 11.5 Å². The zero-order valence-electron chi connectivity index (χ0n) is 20.4. The molecule has 0 spiro atoms. The van der Waals surface area contributed by atoms with Crippen molar-refractivity contribution in [3.63, 3.8) is 0 Å². The molecule has 0 fully saturated rings. The lowest BCUT2D eigenvalue weighted by Crippen LogP contribution is -2.16. The van der Waals surface area contributed by atoms with Crippen LogP contribution in [-0.4, -0.2) is 38.9 Å². The summed E-state index contributed by atoms with van der Waals surface area (Å²) in [7, 11) is 0. The predicted molar refractivity (Wildman–Crippen MR) is 142 cm³/mol. The van der Waals surface area contributed by atoms with Gasteiger partial charge in [-0.1, -0.05) is 12.1 Å². The maximum Gasteiger partial charge on any atom is 0.336 e. The number of rotatable bonds is 9. The molecule has 0 heterocycles. The second kappa shape index (κ2) is 11.6. The minimum absolute atomic E-state index is 0.0234. The summed E-state index contributed by atoms with van der Waals surface area (Å²) in [6.45, 7) is 0. The van der Waals surface area contributed by atoms with E-state index in [4.69, 9.17) is 4.74 Å². The number of carbonyl (C=O) groups is 4. The van der Waals surface area contributed by atoms with Crippen molar-refractivity contribution in [3.05, 3.63) is 123 Å². The lowest BCUT2D eigenvalue weighted by Gasteiger charge is -2.11. The number of non-ortho nitro benzene ring substituents is 1. The van der Waals surface area contributed by atoms with Crippen molar-refractivity contribution >= 4 is 40.8 Å². The number of nitro groups is 1. The fourth-order valence-electron chi connectivity index (χ4n) is 3.63. The first-order chi connectivity index (χ1) is 19.1. The first kappa shape index (κ1) is 27.0. The van der Waals surface area contributed by atoms with Crippen LogP contribution >= 0.6 is 0 Å². The molecule has 0 aliphatic heterocycles. The number of nitro benzene ring substituents is 1. The van der Waals surface area contributed by atoms with E-state index in [0.29, 0.717) is 22.9 Å². The van der Waals surface area contributed by atoms with E-state index in [-0.39, 0.29) is 16.7 Å². The summed E-state index contributed by atoms with van der Waals surface area (Å²) in [5.74, 6) is -3.19. The van der Waals surface area contributed by atoms with E-state index in [1.165, 1.54) is 30.3 Å². The van der Waals surface area contributed by atoms with Crippen LogP contribution in [0.15, 0.2) is 91.0 Å². The van der Waals surface area contributed by atoms with Crippen molar-refractivity contribution in [2.75, 3.05) is 10.6 Å². The third kappa shape index (κ3) is 6.26. The highest BCUT2D eigenvalue weighted by molar-refractivity contribution is 6.11. The van der Waals surface area contributed by atoms with Crippen LogP contribution in [0.1, 0.15) is 41.4 Å². The highest BCUT2D eigenvalue weighted by Gasteiger charge is 2.21. The Labute approximate surface area is 225 Å². The number of carboxylic acids is 2. The van der Waals surface area contributed by atoms with Crippen LogP contribution in [0.4, 0.5) is 17.1 Å². The fraction of sp³-hybridized carbons (Fsp3) is 0. The van der Waals surface area contributed by atoms with Gasteiger partial charge in [0, 0.05) is 23.5 Å². The molecule has 0 atom stereocenters. The molecule has 12 nitrogen and oxygen atoms in total. The number of nitrogens with one attached hydrogen (secondary N) is 2. The number of carbonyl (C=O) groups excluding carboxylic acids is 2. The summed E-state index contributed by atoms with van der Waals surface area (Å²) in [4.78, 5) is 58.1.